The van der Waals surface area contributed by atoms with Crippen molar-refractivity contribution in [3.8, 4) is 5.75 Å². The second-order valence-electron chi connectivity index (χ2n) is 6.45. The molecule has 0 aliphatic rings. The van der Waals surface area contributed by atoms with Gasteiger partial charge in [-0.1, -0.05) is 18.2 Å². The summed E-state index contributed by atoms with van der Waals surface area (Å²) in [5.41, 5.74) is 2.33. The van der Waals surface area contributed by atoms with E-state index < -0.39 is 5.91 Å². The maximum atomic E-state index is 12.7. The average molecular weight is 398 g/mol. The van der Waals surface area contributed by atoms with Crippen LogP contribution >= 0.6 is 0 Å². The fraction of sp³-hybridized carbons (Fsp3) is 0.0435. The van der Waals surface area contributed by atoms with E-state index in [1.165, 1.54) is 12.3 Å². The minimum atomic E-state index is -0.424. The second-order valence-corrected chi connectivity index (χ2v) is 6.45. The minimum Gasteiger partial charge on any atom is -0.497 e. The highest BCUT2D eigenvalue weighted by atomic mass is 16.5. The van der Waals surface area contributed by atoms with Crippen LogP contribution < -0.4 is 15.4 Å². The normalized spacial score (nSPS) is 10.4. The molecule has 0 unspecified atom stereocenters. The molecule has 2 amide bonds. The summed E-state index contributed by atoms with van der Waals surface area (Å²) in [6.07, 6.45) is 3.10. The van der Waals surface area contributed by atoms with Crippen LogP contribution in [0.15, 0.2) is 79.1 Å². The molecule has 0 saturated carbocycles. The summed E-state index contributed by atoms with van der Waals surface area (Å²) < 4.78 is 5.11. The minimum absolute atomic E-state index is 0.130. The molecule has 0 spiro atoms. The van der Waals surface area contributed by atoms with Crippen molar-refractivity contribution in [2.45, 2.75) is 0 Å². The van der Waals surface area contributed by atoms with Crippen molar-refractivity contribution in [3.63, 3.8) is 0 Å². The van der Waals surface area contributed by atoms with Crippen LogP contribution in [0, 0.1) is 0 Å². The van der Waals surface area contributed by atoms with E-state index >= 15 is 0 Å². The maximum Gasteiger partial charge on any atom is 0.274 e. The molecule has 4 aromatic rings. The first kappa shape index (κ1) is 19.1. The van der Waals surface area contributed by atoms with E-state index in [1.807, 2.05) is 24.3 Å². The summed E-state index contributed by atoms with van der Waals surface area (Å²) in [6.45, 7) is 0. The number of ether oxygens (including phenoxy) is 1. The topological polar surface area (TPSA) is 93.2 Å². The Morgan fingerprint density at radius 1 is 0.833 bits per heavy atom. The van der Waals surface area contributed by atoms with E-state index in [1.54, 1.807) is 49.7 Å². The van der Waals surface area contributed by atoms with Gasteiger partial charge >= 0.3 is 0 Å². The Bertz CT molecular complexity index is 1220. The number of fused-ring (bicyclic) bond motifs is 1. The molecule has 0 radical (unpaired) electrons. The quantitative estimate of drug-likeness (QED) is 0.527. The van der Waals surface area contributed by atoms with Crippen molar-refractivity contribution in [2.75, 3.05) is 17.7 Å². The van der Waals surface area contributed by atoms with Crippen LogP contribution in [0.5, 0.6) is 5.75 Å². The Kier molecular flexibility index (Phi) is 5.34. The van der Waals surface area contributed by atoms with Gasteiger partial charge < -0.3 is 15.4 Å². The average Bonchev–Trinajstić information content (AvgIpc) is 2.80. The molecule has 0 saturated heterocycles. The van der Waals surface area contributed by atoms with E-state index in [4.69, 9.17) is 4.74 Å². The third-order valence-corrected chi connectivity index (χ3v) is 4.48. The fourth-order valence-electron chi connectivity index (χ4n) is 2.96. The Hall–Kier alpha value is -4.26. The van der Waals surface area contributed by atoms with Gasteiger partial charge in [0.05, 0.1) is 18.3 Å². The SMILES string of the molecule is COc1ccc(NC(=O)c2ccnc(C(=O)Nc3cccc4cccnc34)c2)cc1. The summed E-state index contributed by atoms with van der Waals surface area (Å²) in [5.74, 6) is -0.0745. The van der Waals surface area contributed by atoms with Crippen LogP contribution in [0.1, 0.15) is 20.8 Å². The number of benzene rings is 2. The predicted octanol–water partition coefficient (Wildman–Crippen LogP) is 4.14. The zero-order valence-corrected chi connectivity index (χ0v) is 16.1. The molecule has 2 heterocycles. The highest BCUT2D eigenvalue weighted by Crippen LogP contribution is 2.21. The summed E-state index contributed by atoms with van der Waals surface area (Å²) in [5, 5.41) is 6.52. The molecule has 2 N–H and O–H groups in total. The second kappa shape index (κ2) is 8.40. The molecule has 7 nitrogen and oxygen atoms in total. The Morgan fingerprint density at radius 2 is 1.63 bits per heavy atom. The van der Waals surface area contributed by atoms with Gasteiger partial charge in [0.15, 0.2) is 0 Å². The number of rotatable bonds is 5. The molecule has 148 valence electrons. The van der Waals surface area contributed by atoms with Crippen molar-refractivity contribution >= 4 is 34.1 Å². The highest BCUT2D eigenvalue weighted by Gasteiger charge is 2.14. The number of nitrogens with zero attached hydrogens (tertiary/aromatic N) is 2. The van der Waals surface area contributed by atoms with Crippen molar-refractivity contribution in [1.29, 1.82) is 0 Å². The number of carbonyl (C=O) groups excluding carboxylic acids is 2. The molecule has 2 aromatic heterocycles. The van der Waals surface area contributed by atoms with Crippen LogP contribution in [0.25, 0.3) is 10.9 Å². The molecule has 30 heavy (non-hydrogen) atoms. The first-order valence-corrected chi connectivity index (χ1v) is 9.20. The van der Waals surface area contributed by atoms with E-state index in [0.717, 1.165) is 5.39 Å². The van der Waals surface area contributed by atoms with E-state index in [0.29, 0.717) is 28.2 Å². The third-order valence-electron chi connectivity index (χ3n) is 4.48. The largest absolute Gasteiger partial charge is 0.497 e. The number of anilines is 2. The first-order chi connectivity index (χ1) is 14.6. The molecule has 0 aliphatic carbocycles. The molecule has 4 rings (SSSR count). The van der Waals surface area contributed by atoms with Crippen LogP contribution in [0.3, 0.4) is 0 Å². The standard InChI is InChI=1S/C23H18N4O3/c1-30-18-9-7-17(8-10-18)26-22(28)16-11-13-24-20(14-16)23(29)27-19-6-2-4-15-5-3-12-25-21(15)19/h2-14H,1H3,(H,26,28)(H,27,29). The van der Waals surface area contributed by atoms with Crippen LogP contribution in [0.4, 0.5) is 11.4 Å². The van der Waals surface area contributed by atoms with E-state index in [2.05, 4.69) is 20.6 Å². The Labute approximate surface area is 172 Å². The van der Waals surface area contributed by atoms with E-state index in [-0.39, 0.29) is 11.6 Å². The van der Waals surface area contributed by atoms with Crippen molar-refractivity contribution in [1.82, 2.24) is 9.97 Å². The number of carbonyl (C=O) groups is 2. The first-order valence-electron chi connectivity index (χ1n) is 9.20. The number of hydrogen-bond acceptors (Lipinski definition) is 5. The Balaban J connectivity index is 1.52. The number of para-hydroxylation sites is 1. The lowest BCUT2D eigenvalue weighted by molar-refractivity contribution is 0.102. The molecule has 0 aliphatic heterocycles. The van der Waals surface area contributed by atoms with Crippen molar-refractivity contribution < 1.29 is 14.3 Å². The van der Waals surface area contributed by atoms with Gasteiger partial charge in [-0.2, -0.15) is 0 Å². The number of hydrogen-bond donors (Lipinski definition) is 2. The van der Waals surface area contributed by atoms with Gasteiger partial charge in [0, 0.05) is 29.0 Å². The summed E-state index contributed by atoms with van der Waals surface area (Å²) >= 11 is 0. The fourth-order valence-corrected chi connectivity index (χ4v) is 2.96. The van der Waals surface area contributed by atoms with Gasteiger partial charge in [-0.15, -0.1) is 0 Å². The van der Waals surface area contributed by atoms with Gasteiger partial charge in [-0.05, 0) is 48.5 Å². The lowest BCUT2D eigenvalue weighted by atomic mass is 10.1. The lowest BCUT2D eigenvalue weighted by Gasteiger charge is -2.09. The van der Waals surface area contributed by atoms with Gasteiger partial charge in [0.2, 0.25) is 0 Å². The molecule has 0 bridgehead atoms. The van der Waals surface area contributed by atoms with Crippen LogP contribution in [-0.2, 0) is 0 Å². The molecular formula is C23H18N4O3. The van der Waals surface area contributed by atoms with E-state index in [9.17, 15) is 9.59 Å². The van der Waals surface area contributed by atoms with Crippen molar-refractivity contribution in [2.24, 2.45) is 0 Å². The monoisotopic (exact) mass is 398 g/mol. The van der Waals surface area contributed by atoms with Gasteiger partial charge in [-0.25, -0.2) is 0 Å². The highest BCUT2D eigenvalue weighted by molar-refractivity contribution is 6.09. The number of methoxy groups -OCH3 is 1. The molecule has 7 heteroatoms. The summed E-state index contributed by atoms with van der Waals surface area (Å²) in [4.78, 5) is 33.7. The summed E-state index contributed by atoms with van der Waals surface area (Å²) in [7, 11) is 1.57. The molecule has 2 aromatic carbocycles. The molecular weight excluding hydrogens is 380 g/mol. The Morgan fingerprint density at radius 3 is 2.43 bits per heavy atom. The lowest BCUT2D eigenvalue weighted by Crippen LogP contribution is -2.17. The maximum absolute atomic E-state index is 12.7. The number of pyridine rings is 2. The summed E-state index contributed by atoms with van der Waals surface area (Å²) in [6, 6.07) is 19.2. The van der Waals surface area contributed by atoms with Crippen molar-refractivity contribution in [3.05, 3.63) is 90.4 Å². The number of aromatic nitrogens is 2. The predicted molar refractivity (Wildman–Crippen MR) is 115 cm³/mol. The smallest absolute Gasteiger partial charge is 0.274 e. The zero-order chi connectivity index (χ0) is 20.9. The number of nitrogens with one attached hydrogen (secondary N) is 2. The van der Waals surface area contributed by atoms with Gasteiger partial charge in [0.25, 0.3) is 11.8 Å². The van der Waals surface area contributed by atoms with Gasteiger partial charge in [0.1, 0.15) is 11.4 Å². The van der Waals surface area contributed by atoms with Crippen LogP contribution in [0.2, 0.25) is 0 Å². The van der Waals surface area contributed by atoms with Gasteiger partial charge in [-0.3, -0.25) is 19.6 Å². The number of amides is 2. The molecule has 0 fully saturated rings. The van der Waals surface area contributed by atoms with Crippen LogP contribution in [-0.4, -0.2) is 28.9 Å². The third kappa shape index (κ3) is 4.10. The molecule has 0 atom stereocenters. The zero-order valence-electron chi connectivity index (χ0n) is 16.1.